The number of fused-ring (bicyclic) bond motifs is 1. The number of benzene rings is 1. The molecule has 2 N–H and O–H groups in total. The Morgan fingerprint density at radius 2 is 1.95 bits per heavy atom. The van der Waals surface area contributed by atoms with Crippen molar-refractivity contribution in [2.75, 3.05) is 10.6 Å². The van der Waals surface area contributed by atoms with Crippen LogP contribution >= 0.6 is 11.3 Å². The van der Waals surface area contributed by atoms with Gasteiger partial charge in [0.2, 0.25) is 11.8 Å². The van der Waals surface area contributed by atoms with E-state index in [0.717, 1.165) is 16.6 Å². The van der Waals surface area contributed by atoms with Gasteiger partial charge in [-0.05, 0) is 31.5 Å². The zero-order chi connectivity index (χ0) is 16.1. The summed E-state index contributed by atoms with van der Waals surface area (Å²) in [7, 11) is 0. The van der Waals surface area contributed by atoms with E-state index in [0.29, 0.717) is 17.2 Å². The first-order chi connectivity index (χ1) is 10.5. The summed E-state index contributed by atoms with van der Waals surface area (Å²) in [5, 5.41) is 5.87. The van der Waals surface area contributed by atoms with Crippen molar-refractivity contribution in [1.82, 2.24) is 4.98 Å². The minimum atomic E-state index is -0.372. The first-order valence-electron chi connectivity index (χ1n) is 6.97. The number of amides is 2. The van der Waals surface area contributed by atoms with Crippen molar-refractivity contribution in [3.63, 3.8) is 0 Å². The molecule has 0 aliphatic heterocycles. The van der Waals surface area contributed by atoms with Crippen molar-refractivity contribution in [3.8, 4) is 0 Å². The van der Waals surface area contributed by atoms with Gasteiger partial charge in [0, 0.05) is 12.1 Å². The number of thiazole rings is 1. The fraction of sp³-hybridized carbons (Fsp3) is 0.333. The summed E-state index contributed by atoms with van der Waals surface area (Å²) in [6, 6.07) is 5.38. The molecule has 1 aromatic carbocycles. The highest BCUT2D eigenvalue weighted by Crippen LogP contribution is 2.28. The van der Waals surface area contributed by atoms with Gasteiger partial charge in [0.05, 0.1) is 16.6 Å². The van der Waals surface area contributed by atoms with Crippen molar-refractivity contribution >= 4 is 50.0 Å². The number of carbonyl (C=O) groups is 3. The van der Waals surface area contributed by atoms with Crippen LogP contribution in [0.3, 0.4) is 0 Å². The van der Waals surface area contributed by atoms with Gasteiger partial charge in [0.25, 0.3) is 0 Å². The summed E-state index contributed by atoms with van der Waals surface area (Å²) in [5.74, 6) is -0.594. The molecule has 7 heteroatoms. The van der Waals surface area contributed by atoms with E-state index in [9.17, 15) is 14.4 Å². The highest BCUT2D eigenvalue weighted by molar-refractivity contribution is 7.22. The number of carbonyl (C=O) groups excluding carboxylic acids is 3. The van der Waals surface area contributed by atoms with Gasteiger partial charge in [0.1, 0.15) is 5.78 Å². The molecule has 1 heterocycles. The number of hydrogen-bond donors (Lipinski definition) is 2. The molecule has 0 aliphatic rings. The van der Waals surface area contributed by atoms with E-state index in [-0.39, 0.29) is 24.0 Å². The molecule has 22 heavy (non-hydrogen) atoms. The van der Waals surface area contributed by atoms with Crippen LogP contribution in [-0.2, 0) is 14.4 Å². The first-order valence-corrected chi connectivity index (χ1v) is 7.79. The Morgan fingerprint density at radius 3 is 2.64 bits per heavy atom. The van der Waals surface area contributed by atoms with Crippen molar-refractivity contribution in [2.24, 2.45) is 0 Å². The van der Waals surface area contributed by atoms with E-state index in [1.54, 1.807) is 12.1 Å². The number of rotatable bonds is 6. The molecule has 2 aromatic rings. The molecule has 2 amide bonds. The van der Waals surface area contributed by atoms with E-state index in [4.69, 9.17) is 0 Å². The Morgan fingerprint density at radius 1 is 1.18 bits per heavy atom. The predicted octanol–water partition coefficient (Wildman–Crippen LogP) is 2.95. The second kappa shape index (κ2) is 7.13. The van der Waals surface area contributed by atoms with Crippen LogP contribution in [0, 0.1) is 0 Å². The Balaban J connectivity index is 2.11. The third-order valence-corrected chi connectivity index (χ3v) is 3.74. The number of nitrogens with zero attached hydrogens (tertiary/aromatic N) is 1. The predicted molar refractivity (Wildman–Crippen MR) is 87.1 cm³/mol. The highest BCUT2D eigenvalue weighted by atomic mass is 32.1. The van der Waals surface area contributed by atoms with E-state index in [2.05, 4.69) is 15.6 Å². The number of aromatic nitrogens is 1. The molecule has 0 atom stereocenters. The highest BCUT2D eigenvalue weighted by Gasteiger charge is 2.10. The van der Waals surface area contributed by atoms with E-state index < -0.39 is 0 Å². The van der Waals surface area contributed by atoms with Crippen molar-refractivity contribution in [1.29, 1.82) is 0 Å². The van der Waals surface area contributed by atoms with Gasteiger partial charge in [0.15, 0.2) is 5.13 Å². The van der Waals surface area contributed by atoms with Gasteiger partial charge in [-0.3, -0.25) is 14.4 Å². The van der Waals surface area contributed by atoms with Crippen LogP contribution in [0.4, 0.5) is 10.8 Å². The molecule has 0 saturated carbocycles. The maximum absolute atomic E-state index is 11.6. The van der Waals surface area contributed by atoms with Crippen LogP contribution in [0.15, 0.2) is 18.2 Å². The van der Waals surface area contributed by atoms with Crippen LogP contribution in [0.2, 0.25) is 0 Å². The summed E-state index contributed by atoms with van der Waals surface area (Å²) < 4.78 is 0.854. The van der Waals surface area contributed by atoms with Crippen molar-refractivity contribution < 1.29 is 14.4 Å². The molecule has 0 aliphatic carbocycles. The van der Waals surface area contributed by atoms with Crippen LogP contribution in [0.5, 0.6) is 0 Å². The third-order valence-electron chi connectivity index (χ3n) is 2.81. The van der Waals surface area contributed by atoms with Gasteiger partial charge in [-0.1, -0.05) is 18.3 Å². The number of Topliss-reactive ketones (excluding diaryl/α,β-unsaturated/α-hetero) is 1. The molecule has 1 aromatic heterocycles. The maximum atomic E-state index is 11.6. The Labute approximate surface area is 131 Å². The average Bonchev–Trinajstić information content (AvgIpc) is 2.79. The van der Waals surface area contributed by atoms with Crippen LogP contribution in [-0.4, -0.2) is 22.6 Å². The number of hydrogen-bond acceptors (Lipinski definition) is 5. The van der Waals surface area contributed by atoms with Gasteiger partial charge in [-0.2, -0.15) is 0 Å². The van der Waals surface area contributed by atoms with E-state index in [1.807, 2.05) is 13.0 Å². The van der Waals surface area contributed by atoms with Crippen LogP contribution in [0.25, 0.3) is 10.2 Å². The monoisotopic (exact) mass is 319 g/mol. The Bertz CT molecular complexity index is 724. The lowest BCUT2D eigenvalue weighted by atomic mass is 10.2. The number of ketones is 1. The maximum Gasteiger partial charge on any atom is 0.233 e. The Hall–Kier alpha value is -2.28. The molecule has 6 nitrogen and oxygen atoms in total. The van der Waals surface area contributed by atoms with Gasteiger partial charge in [-0.25, -0.2) is 4.98 Å². The van der Waals surface area contributed by atoms with Crippen LogP contribution in [0.1, 0.15) is 33.1 Å². The fourth-order valence-electron chi connectivity index (χ4n) is 1.90. The summed E-state index contributed by atoms with van der Waals surface area (Å²) in [5.41, 5.74) is 1.44. The second-order valence-electron chi connectivity index (χ2n) is 4.93. The lowest BCUT2D eigenvalue weighted by Gasteiger charge is -2.03. The zero-order valence-corrected chi connectivity index (χ0v) is 13.3. The van der Waals surface area contributed by atoms with E-state index in [1.165, 1.54) is 18.3 Å². The molecular weight excluding hydrogens is 302 g/mol. The normalized spacial score (nSPS) is 10.5. The molecule has 0 unspecified atom stereocenters. The van der Waals surface area contributed by atoms with Crippen LogP contribution < -0.4 is 10.6 Å². The minimum Gasteiger partial charge on any atom is -0.326 e. The van der Waals surface area contributed by atoms with Gasteiger partial charge < -0.3 is 10.6 Å². The lowest BCUT2D eigenvalue weighted by Crippen LogP contribution is -2.14. The number of nitrogens with one attached hydrogen (secondary N) is 2. The summed E-state index contributed by atoms with van der Waals surface area (Å²) >= 11 is 1.30. The number of anilines is 2. The zero-order valence-electron chi connectivity index (χ0n) is 12.4. The summed E-state index contributed by atoms with van der Waals surface area (Å²) in [4.78, 5) is 38.3. The first kappa shape index (κ1) is 16.1. The minimum absolute atomic E-state index is 0.0265. The molecule has 0 spiro atoms. The molecule has 0 bridgehead atoms. The quantitative estimate of drug-likeness (QED) is 0.801. The average molecular weight is 319 g/mol. The Kier molecular flexibility index (Phi) is 5.21. The summed E-state index contributed by atoms with van der Waals surface area (Å²) in [6.07, 6.45) is 1.11. The molecule has 2 rings (SSSR count). The molecule has 0 saturated heterocycles. The van der Waals surface area contributed by atoms with Crippen molar-refractivity contribution in [3.05, 3.63) is 18.2 Å². The molecule has 0 radical (unpaired) electrons. The SMILES string of the molecule is CCCC(=O)Nc1ccc2nc(NC(=O)CC(C)=O)sc2c1. The summed E-state index contributed by atoms with van der Waals surface area (Å²) in [6.45, 7) is 3.31. The molecule has 0 fully saturated rings. The van der Waals surface area contributed by atoms with Gasteiger partial charge in [-0.15, -0.1) is 0 Å². The standard InChI is InChI=1S/C15H17N3O3S/c1-3-4-13(20)16-10-5-6-11-12(8-10)22-15(17-11)18-14(21)7-9(2)19/h5-6,8H,3-4,7H2,1-2H3,(H,16,20)(H,17,18,21). The third kappa shape index (κ3) is 4.36. The topological polar surface area (TPSA) is 88.2 Å². The van der Waals surface area contributed by atoms with Gasteiger partial charge >= 0.3 is 0 Å². The largest absolute Gasteiger partial charge is 0.326 e. The molecular formula is C15H17N3O3S. The smallest absolute Gasteiger partial charge is 0.233 e. The second-order valence-corrected chi connectivity index (χ2v) is 5.96. The molecule has 116 valence electrons. The van der Waals surface area contributed by atoms with Crippen molar-refractivity contribution in [2.45, 2.75) is 33.1 Å². The van der Waals surface area contributed by atoms with E-state index >= 15 is 0 Å². The lowest BCUT2D eigenvalue weighted by molar-refractivity contribution is -0.124. The fourth-order valence-corrected chi connectivity index (χ4v) is 2.82.